The van der Waals surface area contributed by atoms with Crippen LogP contribution in [-0.4, -0.2) is 36.2 Å². The molecule has 0 atom stereocenters. The van der Waals surface area contributed by atoms with Crippen molar-refractivity contribution in [2.45, 2.75) is 19.3 Å². The fraction of sp³-hybridized carbons (Fsp3) is 0.500. The summed E-state index contributed by atoms with van der Waals surface area (Å²) >= 11 is 11.6. The molecular weight excluding hydrogens is 266 g/mol. The maximum Gasteiger partial charge on any atom is 0.0780 e. The fourth-order valence-electron chi connectivity index (χ4n) is 2.10. The van der Waals surface area contributed by atoms with Gasteiger partial charge in [-0.25, -0.2) is 0 Å². The van der Waals surface area contributed by atoms with Crippen LogP contribution >= 0.6 is 23.8 Å². The van der Waals surface area contributed by atoms with Crippen molar-refractivity contribution in [3.05, 3.63) is 34.9 Å². The smallest absolute Gasteiger partial charge is 0.0780 e. The van der Waals surface area contributed by atoms with E-state index in [0.717, 1.165) is 55.6 Å². The minimum Gasteiger partial charge on any atom is -0.378 e. The molecule has 1 fully saturated rings. The fourth-order valence-corrected chi connectivity index (χ4v) is 2.66. The molecule has 0 amide bonds. The van der Waals surface area contributed by atoms with Gasteiger partial charge in [0.2, 0.25) is 0 Å². The molecule has 0 spiro atoms. The summed E-state index contributed by atoms with van der Waals surface area (Å²) in [6.45, 7) is 3.46. The van der Waals surface area contributed by atoms with Crippen molar-refractivity contribution in [1.82, 2.24) is 4.90 Å². The number of ether oxygens (including phenoxy) is 1. The van der Waals surface area contributed by atoms with Gasteiger partial charge in [0.15, 0.2) is 0 Å². The van der Waals surface area contributed by atoms with Gasteiger partial charge in [-0.2, -0.15) is 0 Å². The lowest BCUT2D eigenvalue weighted by Crippen LogP contribution is -2.39. The molecule has 98 valence electrons. The molecule has 2 nitrogen and oxygen atoms in total. The Hall–Kier alpha value is -0.640. The maximum absolute atomic E-state index is 6.13. The van der Waals surface area contributed by atoms with E-state index >= 15 is 0 Å². The molecule has 1 heterocycles. The largest absolute Gasteiger partial charge is 0.378 e. The summed E-state index contributed by atoms with van der Waals surface area (Å²) in [5.74, 6) is 0. The normalized spacial score (nSPS) is 15.7. The Morgan fingerprint density at radius 2 is 2.00 bits per heavy atom. The Kier molecular flexibility index (Phi) is 5.42. The van der Waals surface area contributed by atoms with Gasteiger partial charge in [-0.1, -0.05) is 42.0 Å². The summed E-state index contributed by atoms with van der Waals surface area (Å²) in [5, 5.41) is 0.856. The van der Waals surface area contributed by atoms with Crippen LogP contribution in [0.3, 0.4) is 0 Å². The zero-order valence-electron chi connectivity index (χ0n) is 10.4. The van der Waals surface area contributed by atoms with Crippen LogP contribution < -0.4 is 0 Å². The number of aryl methyl sites for hydroxylation is 1. The minimum atomic E-state index is 0.796. The molecule has 0 bridgehead atoms. The molecular formula is C14H18ClNOS. The third-order valence-corrected chi connectivity index (χ3v) is 3.99. The maximum atomic E-state index is 6.13. The summed E-state index contributed by atoms with van der Waals surface area (Å²) in [7, 11) is 0. The predicted molar refractivity (Wildman–Crippen MR) is 79.4 cm³/mol. The molecule has 1 aliphatic rings. The minimum absolute atomic E-state index is 0.796. The van der Waals surface area contributed by atoms with Gasteiger partial charge < -0.3 is 9.64 Å². The third kappa shape index (κ3) is 3.94. The van der Waals surface area contributed by atoms with Crippen LogP contribution in [0.1, 0.15) is 18.4 Å². The number of thiocarbonyl (C=S) groups is 1. The number of hydrogen-bond acceptors (Lipinski definition) is 2. The van der Waals surface area contributed by atoms with E-state index in [1.54, 1.807) is 0 Å². The Morgan fingerprint density at radius 1 is 1.28 bits per heavy atom. The van der Waals surface area contributed by atoms with E-state index in [4.69, 9.17) is 28.6 Å². The van der Waals surface area contributed by atoms with Crippen LogP contribution in [0.4, 0.5) is 0 Å². The van der Waals surface area contributed by atoms with E-state index in [9.17, 15) is 0 Å². The molecule has 0 radical (unpaired) electrons. The lowest BCUT2D eigenvalue weighted by molar-refractivity contribution is 0.0682. The predicted octanol–water partition coefficient (Wildman–Crippen LogP) is 3.32. The van der Waals surface area contributed by atoms with Gasteiger partial charge in [0.1, 0.15) is 0 Å². The molecule has 0 unspecified atom stereocenters. The van der Waals surface area contributed by atoms with Gasteiger partial charge in [-0.05, 0) is 30.9 Å². The molecule has 1 aliphatic heterocycles. The summed E-state index contributed by atoms with van der Waals surface area (Å²) < 4.78 is 5.32. The number of halogens is 1. The summed E-state index contributed by atoms with van der Waals surface area (Å²) in [5.41, 5.74) is 1.21. The first-order chi connectivity index (χ1) is 8.77. The first-order valence-electron chi connectivity index (χ1n) is 6.36. The van der Waals surface area contributed by atoms with Crippen molar-refractivity contribution in [3.8, 4) is 0 Å². The monoisotopic (exact) mass is 283 g/mol. The second-order valence-corrected chi connectivity index (χ2v) is 5.32. The van der Waals surface area contributed by atoms with Crippen LogP contribution in [-0.2, 0) is 11.2 Å². The highest BCUT2D eigenvalue weighted by atomic mass is 35.5. The van der Waals surface area contributed by atoms with Crippen molar-refractivity contribution < 1.29 is 4.74 Å². The number of nitrogens with zero attached hydrogens (tertiary/aromatic N) is 1. The molecule has 0 aromatic heterocycles. The molecule has 1 aromatic carbocycles. The van der Waals surface area contributed by atoms with Crippen molar-refractivity contribution in [2.24, 2.45) is 0 Å². The highest BCUT2D eigenvalue weighted by Gasteiger charge is 2.13. The van der Waals surface area contributed by atoms with Gasteiger partial charge in [-0.3, -0.25) is 0 Å². The van der Waals surface area contributed by atoms with E-state index in [1.807, 2.05) is 18.2 Å². The average molecular weight is 284 g/mol. The third-order valence-electron chi connectivity index (χ3n) is 3.16. The summed E-state index contributed by atoms with van der Waals surface area (Å²) in [4.78, 5) is 3.32. The van der Waals surface area contributed by atoms with Crippen LogP contribution in [0.15, 0.2) is 24.3 Å². The highest BCUT2D eigenvalue weighted by molar-refractivity contribution is 7.80. The van der Waals surface area contributed by atoms with Crippen LogP contribution in [0.5, 0.6) is 0 Å². The van der Waals surface area contributed by atoms with Gasteiger partial charge in [-0.15, -0.1) is 0 Å². The van der Waals surface area contributed by atoms with Gasteiger partial charge >= 0.3 is 0 Å². The molecule has 1 saturated heterocycles. The van der Waals surface area contributed by atoms with Crippen LogP contribution in [0.25, 0.3) is 0 Å². The van der Waals surface area contributed by atoms with E-state index in [2.05, 4.69) is 11.0 Å². The van der Waals surface area contributed by atoms with Crippen molar-refractivity contribution in [3.63, 3.8) is 0 Å². The molecule has 18 heavy (non-hydrogen) atoms. The lowest BCUT2D eigenvalue weighted by Gasteiger charge is -2.29. The highest BCUT2D eigenvalue weighted by Crippen LogP contribution is 2.17. The first kappa shape index (κ1) is 13.8. The number of morpholine rings is 1. The molecule has 4 heteroatoms. The number of rotatable bonds is 4. The van der Waals surface area contributed by atoms with E-state index in [1.165, 1.54) is 5.56 Å². The topological polar surface area (TPSA) is 12.5 Å². The van der Waals surface area contributed by atoms with Crippen LogP contribution in [0.2, 0.25) is 5.02 Å². The SMILES string of the molecule is S=C(CCCc1ccccc1Cl)N1CCOCC1. The standard InChI is InChI=1S/C14H18ClNOS/c15-13-6-2-1-4-12(13)5-3-7-14(18)16-8-10-17-11-9-16/h1-2,4,6H,3,5,7-11H2. The molecule has 2 rings (SSSR count). The average Bonchev–Trinajstić information content (AvgIpc) is 2.42. The van der Waals surface area contributed by atoms with Crippen LogP contribution in [0, 0.1) is 0 Å². The molecule has 0 saturated carbocycles. The van der Waals surface area contributed by atoms with Gasteiger partial charge in [0, 0.05) is 18.1 Å². The Labute approximate surface area is 119 Å². The van der Waals surface area contributed by atoms with E-state index in [0.29, 0.717) is 0 Å². The molecule has 0 aliphatic carbocycles. The quantitative estimate of drug-likeness (QED) is 0.787. The first-order valence-corrected chi connectivity index (χ1v) is 7.15. The summed E-state index contributed by atoms with van der Waals surface area (Å²) in [6.07, 6.45) is 3.00. The van der Waals surface area contributed by atoms with Crippen molar-refractivity contribution in [2.75, 3.05) is 26.3 Å². The number of hydrogen-bond donors (Lipinski definition) is 0. The van der Waals surface area contributed by atoms with Crippen molar-refractivity contribution >= 4 is 28.8 Å². The second-order valence-electron chi connectivity index (χ2n) is 4.44. The lowest BCUT2D eigenvalue weighted by atomic mass is 10.1. The second kappa shape index (κ2) is 7.07. The molecule has 0 N–H and O–H groups in total. The van der Waals surface area contributed by atoms with Crippen molar-refractivity contribution in [1.29, 1.82) is 0 Å². The van der Waals surface area contributed by atoms with Gasteiger partial charge in [0.25, 0.3) is 0 Å². The van der Waals surface area contributed by atoms with E-state index in [-0.39, 0.29) is 0 Å². The Bertz CT molecular complexity index is 405. The number of benzene rings is 1. The Balaban J connectivity index is 1.75. The summed E-state index contributed by atoms with van der Waals surface area (Å²) in [6, 6.07) is 8.02. The van der Waals surface area contributed by atoms with Gasteiger partial charge in [0.05, 0.1) is 18.2 Å². The Morgan fingerprint density at radius 3 is 2.72 bits per heavy atom. The van der Waals surface area contributed by atoms with E-state index < -0.39 is 0 Å². The zero-order valence-corrected chi connectivity index (χ0v) is 12.0. The zero-order chi connectivity index (χ0) is 12.8. The molecule has 1 aromatic rings.